The monoisotopic (exact) mass is 830 g/mol. The van der Waals surface area contributed by atoms with Gasteiger partial charge in [-0.1, -0.05) is 69.6 Å². The number of anilines is 1. The van der Waals surface area contributed by atoms with E-state index in [1.165, 1.54) is 0 Å². The molecule has 51 heavy (non-hydrogen) atoms. The summed E-state index contributed by atoms with van der Waals surface area (Å²) in [6.45, 7) is 0. The van der Waals surface area contributed by atoms with Crippen LogP contribution in [0.5, 0.6) is 0 Å². The number of hydrogen-bond donors (Lipinski definition) is 4. The highest BCUT2D eigenvalue weighted by atomic mass is 35.5. The van der Waals surface area contributed by atoms with E-state index in [2.05, 4.69) is 15.4 Å². The second-order valence-corrected chi connectivity index (χ2v) is 14.3. The Morgan fingerprint density at radius 2 is 1.04 bits per heavy atom. The summed E-state index contributed by atoms with van der Waals surface area (Å²) in [6, 6.07) is 12.3. The minimum atomic E-state index is -0.170. The lowest BCUT2D eigenvalue weighted by atomic mass is 9.95. The third-order valence-electron chi connectivity index (χ3n) is 8.58. The van der Waals surface area contributed by atoms with Crippen molar-refractivity contribution in [3.05, 3.63) is 95.1 Å². The van der Waals surface area contributed by atoms with Crippen LogP contribution in [-0.2, 0) is 22.4 Å². The van der Waals surface area contributed by atoms with Crippen molar-refractivity contribution in [3.8, 4) is 0 Å². The van der Waals surface area contributed by atoms with Crippen LogP contribution in [0.3, 0.4) is 0 Å². The Hall–Kier alpha value is -2.79. The first-order valence-electron chi connectivity index (χ1n) is 15.9. The third kappa shape index (κ3) is 9.61. The van der Waals surface area contributed by atoms with Gasteiger partial charge in [-0.25, -0.2) is 0 Å². The molecule has 8 rings (SSSR count). The van der Waals surface area contributed by atoms with Crippen LogP contribution in [-0.4, -0.2) is 33.1 Å². The Bertz CT molecular complexity index is 2110. The number of aromatic amines is 2. The summed E-state index contributed by atoms with van der Waals surface area (Å²) in [4.78, 5) is 50.6. The molecular weight excluding hydrogens is 801 g/mol. The highest BCUT2D eigenvalue weighted by Gasteiger charge is 2.24. The van der Waals surface area contributed by atoms with Gasteiger partial charge >= 0.3 is 0 Å². The van der Waals surface area contributed by atoms with Crippen molar-refractivity contribution >= 4 is 133 Å². The van der Waals surface area contributed by atoms with E-state index in [9.17, 15) is 19.2 Å². The lowest BCUT2D eigenvalue weighted by molar-refractivity contribution is -0.137. The summed E-state index contributed by atoms with van der Waals surface area (Å²) >= 11 is 35.4. The zero-order chi connectivity index (χ0) is 36.1. The zero-order valence-corrected chi connectivity index (χ0v) is 32.4. The number of nitrogens with one attached hydrogen (secondary N) is 3. The first kappa shape index (κ1) is 41.0. The first-order chi connectivity index (χ1) is 23.9. The summed E-state index contributed by atoms with van der Waals surface area (Å²) < 4.78 is 0. The van der Waals surface area contributed by atoms with Crippen molar-refractivity contribution in [2.24, 2.45) is 5.84 Å². The number of carbonyl (C=O) groups excluding carboxylic acids is 4. The number of rotatable bonds is 1. The number of Topliss-reactive ketones (excluding diaryl/α,β-unsaturated/α-hetero) is 4. The minimum absolute atomic E-state index is 0. The Morgan fingerprint density at radius 3 is 1.63 bits per heavy atom. The number of nitrogen functional groups attached to an aromatic ring is 1. The molecule has 0 saturated heterocycles. The molecule has 0 spiro atoms. The molecule has 5 aromatic rings. The van der Waals surface area contributed by atoms with Crippen LogP contribution in [0, 0.1) is 0 Å². The fourth-order valence-corrected chi connectivity index (χ4v) is 7.11. The van der Waals surface area contributed by atoms with Crippen LogP contribution in [0.4, 0.5) is 5.69 Å². The van der Waals surface area contributed by atoms with E-state index in [-0.39, 0.29) is 35.5 Å². The minimum Gasteiger partial charge on any atom is -0.352 e. The van der Waals surface area contributed by atoms with Crippen LogP contribution in [0.15, 0.2) is 42.5 Å². The zero-order valence-electron chi connectivity index (χ0n) is 27.0. The number of nitrogens with two attached hydrogens (primary N) is 1. The second kappa shape index (κ2) is 18.3. The maximum Gasteiger partial charge on any atom is 0.198 e. The van der Waals surface area contributed by atoms with Crippen molar-refractivity contribution in [2.75, 3.05) is 5.43 Å². The molecule has 0 aliphatic heterocycles. The van der Waals surface area contributed by atoms with Gasteiger partial charge in [-0.05, 0) is 92.1 Å². The van der Waals surface area contributed by atoms with Gasteiger partial charge in [-0.3, -0.25) is 25.0 Å². The largest absolute Gasteiger partial charge is 0.352 e. The first-order valence-corrected chi connectivity index (χ1v) is 18.2. The van der Waals surface area contributed by atoms with E-state index in [1.807, 2.05) is 12.1 Å². The molecule has 2 aromatic heterocycles. The molecule has 0 unspecified atom stereocenters. The smallest absolute Gasteiger partial charge is 0.198 e. The van der Waals surface area contributed by atoms with E-state index >= 15 is 0 Å². The van der Waals surface area contributed by atoms with Gasteiger partial charge in [-0.2, -0.15) is 0 Å². The molecule has 3 aliphatic carbocycles. The fourth-order valence-electron chi connectivity index (χ4n) is 6.05. The Labute approximate surface area is 330 Å². The summed E-state index contributed by atoms with van der Waals surface area (Å²) in [5.74, 6) is 5.13. The number of benzene rings is 3. The lowest BCUT2D eigenvalue weighted by Crippen LogP contribution is -2.17. The Morgan fingerprint density at radius 1 is 0.529 bits per heavy atom. The van der Waals surface area contributed by atoms with Crippen LogP contribution in [0.2, 0.25) is 30.1 Å². The number of H-pyrrole nitrogens is 2. The van der Waals surface area contributed by atoms with Gasteiger partial charge < -0.3 is 15.4 Å². The molecule has 0 bridgehead atoms. The van der Waals surface area contributed by atoms with Gasteiger partial charge in [0.15, 0.2) is 23.1 Å². The molecule has 2 heterocycles. The van der Waals surface area contributed by atoms with Crippen molar-refractivity contribution in [3.63, 3.8) is 0 Å². The van der Waals surface area contributed by atoms with Crippen molar-refractivity contribution in [1.82, 2.24) is 9.97 Å². The average Bonchev–Trinajstić information content (AvgIpc) is 3.67. The fraction of sp³-hybridized carbons (Fsp3) is 0.278. The van der Waals surface area contributed by atoms with E-state index in [1.54, 1.807) is 30.3 Å². The molecular formula is C36H33Cl7N4O4. The number of fused-ring (bicyclic) bond motifs is 6. The third-order valence-corrected chi connectivity index (χ3v) is 10.8. The van der Waals surface area contributed by atoms with Gasteiger partial charge in [0.2, 0.25) is 0 Å². The van der Waals surface area contributed by atoms with E-state index in [4.69, 9.17) is 75.4 Å². The lowest BCUT2D eigenvalue weighted by Gasteiger charge is -2.10. The molecule has 15 heteroatoms. The van der Waals surface area contributed by atoms with Gasteiger partial charge in [-0.15, -0.1) is 12.4 Å². The molecule has 270 valence electrons. The summed E-state index contributed by atoms with van der Waals surface area (Å²) in [6.07, 6.45) is 7.65. The predicted octanol–water partition coefficient (Wildman–Crippen LogP) is 11.4. The SMILES string of the molecule is Cl.NNc1ccc(Cl)c(Cl)c1.O=C1CCCCC1=O.O=C1CCCc2c1[nH]c1cc(Cl)c(Cl)cc21.O=C1CCCc2c1[nH]c1ccc(Cl)c(Cl)c21. The quantitative estimate of drug-likeness (QED) is 0.0754. The average molecular weight is 834 g/mol. The number of hydrogen-bond acceptors (Lipinski definition) is 6. The highest BCUT2D eigenvalue weighted by Crippen LogP contribution is 2.38. The number of halogens is 7. The molecule has 1 fully saturated rings. The van der Waals surface area contributed by atoms with Gasteiger partial charge in [0, 0.05) is 47.5 Å². The topological polar surface area (TPSA) is 138 Å². The van der Waals surface area contributed by atoms with E-state index in [0.29, 0.717) is 61.5 Å². The number of ketones is 4. The van der Waals surface area contributed by atoms with Crippen molar-refractivity contribution in [2.45, 2.75) is 64.2 Å². The summed E-state index contributed by atoms with van der Waals surface area (Å²) in [5.41, 5.74) is 8.56. The van der Waals surface area contributed by atoms with Crippen LogP contribution in [0.1, 0.15) is 83.5 Å². The number of aryl methyl sites for hydroxylation is 2. The molecule has 8 nitrogen and oxygen atoms in total. The van der Waals surface area contributed by atoms with E-state index in [0.717, 1.165) is 82.8 Å². The van der Waals surface area contributed by atoms with Gasteiger partial charge in [0.05, 0.1) is 47.2 Å². The number of aromatic nitrogens is 2. The predicted molar refractivity (Wildman–Crippen MR) is 211 cm³/mol. The normalized spacial score (nSPS) is 15.0. The molecule has 3 aliphatic rings. The Balaban J connectivity index is 0.000000158. The van der Waals surface area contributed by atoms with E-state index < -0.39 is 0 Å². The number of carbonyl (C=O) groups is 4. The molecule has 0 atom stereocenters. The van der Waals surface area contributed by atoms with Crippen LogP contribution in [0.25, 0.3) is 21.8 Å². The number of hydrazine groups is 1. The standard InChI is InChI=1S/2C12H9Cl2NO.C6H6Cl2N2.C6H8O2.ClH/c13-8-4-7-6-2-1-3-11(16)12(6)15-10(7)5-9(8)14;13-7-4-5-8-10(11(7)14)6-2-1-3-9(16)12(6)15-8;7-5-2-1-4(10-9)3-6(5)8;7-5-3-1-2-4-6(5)8;/h2*4-5,15H,1-3H2;1-3,10H,9H2;1-4H2;1H. The van der Waals surface area contributed by atoms with Crippen LogP contribution < -0.4 is 11.3 Å². The maximum atomic E-state index is 11.7. The Kier molecular flexibility index (Phi) is 14.7. The maximum absolute atomic E-state index is 11.7. The van der Waals surface area contributed by atoms with Gasteiger partial charge in [0.1, 0.15) is 0 Å². The second-order valence-electron chi connectivity index (χ2n) is 11.9. The molecule has 5 N–H and O–H groups in total. The summed E-state index contributed by atoms with van der Waals surface area (Å²) in [5, 5.41) is 5.10. The summed E-state index contributed by atoms with van der Waals surface area (Å²) in [7, 11) is 0. The highest BCUT2D eigenvalue weighted by molar-refractivity contribution is 6.46. The molecule has 3 aromatic carbocycles. The molecule has 1 saturated carbocycles. The van der Waals surface area contributed by atoms with Gasteiger partial charge in [0.25, 0.3) is 0 Å². The molecule has 0 radical (unpaired) electrons. The molecule has 0 amide bonds. The van der Waals surface area contributed by atoms with Crippen LogP contribution >= 0.6 is 82.0 Å². The van der Waals surface area contributed by atoms with Crippen molar-refractivity contribution in [1.29, 1.82) is 0 Å². The van der Waals surface area contributed by atoms with Crippen molar-refractivity contribution < 1.29 is 19.2 Å².